The van der Waals surface area contributed by atoms with Crippen molar-refractivity contribution in [1.29, 1.82) is 0 Å². The molecule has 0 fully saturated rings. The smallest absolute Gasteiger partial charge is 0.264 e. The largest absolute Gasteiger partial charge is 0.376 e. The number of anilines is 3. The molecule has 0 spiro atoms. The number of rotatable bonds is 6. The average molecular weight is 410 g/mol. The molecule has 0 atom stereocenters. The van der Waals surface area contributed by atoms with Gasteiger partial charge in [-0.25, -0.2) is 8.42 Å². The van der Waals surface area contributed by atoms with E-state index in [1.54, 1.807) is 42.5 Å². The molecule has 3 rings (SSSR count). The van der Waals surface area contributed by atoms with Gasteiger partial charge in [-0.1, -0.05) is 36.4 Å². The summed E-state index contributed by atoms with van der Waals surface area (Å²) in [4.78, 5) is 14.7. The molecule has 1 N–H and O–H groups in total. The first-order valence-corrected chi connectivity index (χ1v) is 10.5. The number of amides is 1. The second kappa shape index (κ2) is 8.36. The number of benzene rings is 3. The minimum Gasteiger partial charge on any atom is -0.376 e. The molecule has 0 aliphatic heterocycles. The van der Waals surface area contributed by atoms with Gasteiger partial charge in [-0.15, -0.1) is 0 Å². The van der Waals surface area contributed by atoms with Crippen LogP contribution in [0.4, 0.5) is 17.1 Å². The monoisotopic (exact) mass is 409 g/mol. The van der Waals surface area contributed by atoms with Crippen LogP contribution < -0.4 is 14.5 Å². The first-order valence-electron chi connectivity index (χ1n) is 9.02. The van der Waals surface area contributed by atoms with Crippen LogP contribution in [-0.2, 0) is 10.0 Å². The topological polar surface area (TPSA) is 69.7 Å². The molecule has 0 saturated carbocycles. The van der Waals surface area contributed by atoms with Crippen molar-refractivity contribution in [2.45, 2.75) is 4.90 Å². The van der Waals surface area contributed by atoms with Crippen LogP contribution in [0.3, 0.4) is 0 Å². The summed E-state index contributed by atoms with van der Waals surface area (Å²) in [6.07, 6.45) is 0. The molecule has 150 valence electrons. The molecule has 0 bridgehead atoms. The van der Waals surface area contributed by atoms with Crippen LogP contribution in [0.5, 0.6) is 0 Å². The number of nitrogens with one attached hydrogen (secondary N) is 1. The van der Waals surface area contributed by atoms with E-state index in [-0.39, 0.29) is 16.4 Å². The molecule has 0 aliphatic rings. The maximum absolute atomic E-state index is 13.0. The number of nitrogens with zero attached hydrogens (tertiary/aromatic N) is 2. The highest BCUT2D eigenvalue weighted by Gasteiger charge is 2.22. The van der Waals surface area contributed by atoms with E-state index in [0.29, 0.717) is 11.4 Å². The van der Waals surface area contributed by atoms with Crippen LogP contribution >= 0.6 is 0 Å². The lowest BCUT2D eigenvalue weighted by Crippen LogP contribution is -2.26. The standard InChI is InChI=1S/C22H23N3O3S/c1-24(2)21-15-8-7-14-20(21)23-22(26)17-10-9-13-19(16-17)29(27,28)25(3)18-11-5-4-6-12-18/h4-16H,1-3H3,(H,23,26). The van der Waals surface area contributed by atoms with E-state index in [0.717, 1.165) is 5.69 Å². The highest BCUT2D eigenvalue weighted by atomic mass is 32.2. The summed E-state index contributed by atoms with van der Waals surface area (Å²) in [6.45, 7) is 0. The molecule has 0 saturated heterocycles. The van der Waals surface area contributed by atoms with Crippen molar-refractivity contribution < 1.29 is 13.2 Å². The first-order chi connectivity index (χ1) is 13.8. The number of hydrogen-bond donors (Lipinski definition) is 1. The van der Waals surface area contributed by atoms with Crippen LogP contribution in [0.25, 0.3) is 0 Å². The fraction of sp³-hybridized carbons (Fsp3) is 0.136. The number of hydrogen-bond acceptors (Lipinski definition) is 4. The maximum atomic E-state index is 13.0. The molecule has 0 aliphatic carbocycles. The Morgan fingerprint density at radius 2 is 1.48 bits per heavy atom. The molecule has 0 heterocycles. The maximum Gasteiger partial charge on any atom is 0.264 e. The Bertz CT molecular complexity index is 1110. The van der Waals surface area contributed by atoms with E-state index in [9.17, 15) is 13.2 Å². The summed E-state index contributed by atoms with van der Waals surface area (Å²) >= 11 is 0. The highest BCUT2D eigenvalue weighted by molar-refractivity contribution is 7.92. The zero-order valence-electron chi connectivity index (χ0n) is 16.5. The molecule has 0 unspecified atom stereocenters. The third kappa shape index (κ3) is 4.41. The number of carbonyl (C=O) groups is 1. The SMILES string of the molecule is CN(C)c1ccccc1NC(=O)c1cccc(S(=O)(=O)N(C)c2ccccc2)c1. The zero-order chi connectivity index (χ0) is 21.0. The molecule has 7 heteroatoms. The number of sulfonamides is 1. The number of carbonyl (C=O) groups excluding carboxylic acids is 1. The molecule has 1 amide bonds. The molecule has 29 heavy (non-hydrogen) atoms. The van der Waals surface area contributed by atoms with Gasteiger partial charge in [0.05, 0.1) is 22.0 Å². The first kappa shape index (κ1) is 20.4. The summed E-state index contributed by atoms with van der Waals surface area (Å²) in [5.74, 6) is -0.376. The summed E-state index contributed by atoms with van der Waals surface area (Å²) in [6, 6.07) is 22.2. The summed E-state index contributed by atoms with van der Waals surface area (Å²) < 4.78 is 27.2. The Morgan fingerprint density at radius 1 is 0.828 bits per heavy atom. The van der Waals surface area contributed by atoms with Gasteiger partial charge in [0.15, 0.2) is 0 Å². The van der Waals surface area contributed by atoms with Gasteiger partial charge in [-0.2, -0.15) is 0 Å². The van der Waals surface area contributed by atoms with Gasteiger partial charge in [-0.3, -0.25) is 9.10 Å². The van der Waals surface area contributed by atoms with Gasteiger partial charge in [-0.05, 0) is 42.5 Å². The van der Waals surface area contributed by atoms with Gasteiger partial charge >= 0.3 is 0 Å². The second-order valence-corrected chi connectivity index (χ2v) is 8.67. The Labute approximate surface area is 171 Å². The van der Waals surface area contributed by atoms with E-state index >= 15 is 0 Å². The fourth-order valence-electron chi connectivity index (χ4n) is 2.90. The quantitative estimate of drug-likeness (QED) is 0.672. The number of para-hydroxylation sites is 3. The van der Waals surface area contributed by atoms with Crippen LogP contribution in [0.2, 0.25) is 0 Å². The van der Waals surface area contributed by atoms with Gasteiger partial charge < -0.3 is 10.2 Å². The average Bonchev–Trinajstić information content (AvgIpc) is 2.74. The Kier molecular flexibility index (Phi) is 5.89. The third-order valence-corrected chi connectivity index (χ3v) is 6.29. The van der Waals surface area contributed by atoms with Crippen molar-refractivity contribution >= 4 is 33.0 Å². The van der Waals surface area contributed by atoms with Crippen molar-refractivity contribution in [3.63, 3.8) is 0 Å². The van der Waals surface area contributed by atoms with E-state index < -0.39 is 10.0 Å². The lowest BCUT2D eigenvalue weighted by atomic mass is 10.2. The van der Waals surface area contributed by atoms with Gasteiger partial charge in [0.25, 0.3) is 15.9 Å². The van der Waals surface area contributed by atoms with E-state index in [1.165, 1.54) is 23.5 Å². The molecule has 3 aromatic carbocycles. The van der Waals surface area contributed by atoms with E-state index in [2.05, 4.69) is 5.32 Å². The molecule has 6 nitrogen and oxygen atoms in total. The van der Waals surface area contributed by atoms with Crippen molar-refractivity contribution in [3.05, 3.63) is 84.4 Å². The van der Waals surface area contributed by atoms with Crippen molar-refractivity contribution in [1.82, 2.24) is 0 Å². The van der Waals surface area contributed by atoms with Crippen LogP contribution in [-0.4, -0.2) is 35.5 Å². The predicted molar refractivity (Wildman–Crippen MR) is 117 cm³/mol. The molecule has 0 aromatic heterocycles. The van der Waals surface area contributed by atoms with Crippen LogP contribution in [0.15, 0.2) is 83.8 Å². The van der Waals surface area contributed by atoms with Crippen LogP contribution in [0.1, 0.15) is 10.4 Å². The van der Waals surface area contributed by atoms with Crippen LogP contribution in [0, 0.1) is 0 Å². The molecular formula is C22H23N3O3S. The van der Waals surface area contributed by atoms with Crippen molar-refractivity contribution in [2.24, 2.45) is 0 Å². The van der Waals surface area contributed by atoms with Gasteiger partial charge in [0, 0.05) is 26.7 Å². The van der Waals surface area contributed by atoms with E-state index in [4.69, 9.17) is 0 Å². The zero-order valence-corrected chi connectivity index (χ0v) is 17.3. The lowest BCUT2D eigenvalue weighted by molar-refractivity contribution is 0.102. The molecule has 3 aromatic rings. The third-order valence-electron chi connectivity index (χ3n) is 4.51. The minimum absolute atomic E-state index is 0.0531. The Balaban J connectivity index is 1.89. The van der Waals surface area contributed by atoms with E-state index in [1.807, 2.05) is 43.3 Å². The minimum atomic E-state index is -3.80. The Morgan fingerprint density at radius 3 is 2.17 bits per heavy atom. The van der Waals surface area contributed by atoms with Crippen molar-refractivity contribution in [3.8, 4) is 0 Å². The van der Waals surface area contributed by atoms with Gasteiger partial charge in [0.1, 0.15) is 0 Å². The summed E-state index contributed by atoms with van der Waals surface area (Å²) in [5.41, 5.74) is 2.31. The normalized spacial score (nSPS) is 11.0. The highest BCUT2D eigenvalue weighted by Crippen LogP contribution is 2.25. The predicted octanol–water partition coefficient (Wildman–Crippen LogP) is 3.83. The fourth-order valence-corrected chi connectivity index (χ4v) is 4.14. The summed E-state index contributed by atoms with van der Waals surface area (Å²) in [5, 5.41) is 2.86. The lowest BCUT2D eigenvalue weighted by Gasteiger charge is -2.20. The summed E-state index contributed by atoms with van der Waals surface area (Å²) in [7, 11) is 1.47. The molecular weight excluding hydrogens is 386 g/mol. The van der Waals surface area contributed by atoms with Crippen molar-refractivity contribution in [2.75, 3.05) is 35.7 Å². The van der Waals surface area contributed by atoms with Gasteiger partial charge in [0.2, 0.25) is 0 Å². The molecule has 0 radical (unpaired) electrons. The Hall–Kier alpha value is -3.32. The second-order valence-electron chi connectivity index (χ2n) is 6.70.